The lowest BCUT2D eigenvalue weighted by Gasteiger charge is -2.22. The van der Waals surface area contributed by atoms with Crippen LogP contribution in [0.25, 0.3) is 0 Å². The first-order chi connectivity index (χ1) is 44.0. The van der Waals surface area contributed by atoms with Gasteiger partial charge in [-0.3, -0.25) is 75.5 Å². The van der Waals surface area contributed by atoms with Crippen molar-refractivity contribution in [2.75, 3.05) is 26.3 Å². The van der Waals surface area contributed by atoms with Gasteiger partial charge in [0.15, 0.2) is 24.9 Å². The molecule has 0 aromatic carbocycles. The third kappa shape index (κ3) is 18.3. The van der Waals surface area contributed by atoms with Gasteiger partial charge in [0.25, 0.3) is 45.7 Å². The van der Waals surface area contributed by atoms with E-state index in [2.05, 4.69) is 37.0 Å². The van der Waals surface area contributed by atoms with Crippen LogP contribution in [0.2, 0.25) is 0 Å². The van der Waals surface area contributed by atoms with Crippen LogP contribution >= 0.6 is 31.3 Å². The minimum atomic E-state index is -5.69. The first kappa shape index (κ1) is 67.5. The lowest BCUT2D eigenvalue weighted by Crippen LogP contribution is -2.43. The highest BCUT2D eigenvalue weighted by molar-refractivity contribution is 7.47. The summed E-state index contributed by atoms with van der Waals surface area (Å²) >= 11 is 0. The molecule has 92 heavy (non-hydrogen) atoms. The molecule has 20 N–H and O–H groups in total. The molecule has 0 radical (unpaired) electrons. The molecule has 0 bridgehead atoms. The van der Waals surface area contributed by atoms with Crippen molar-refractivity contribution in [3.63, 3.8) is 0 Å². The summed E-state index contributed by atoms with van der Waals surface area (Å²) in [6, 6.07) is 0. The Morgan fingerprint density at radius 2 is 0.641 bits per heavy atom. The van der Waals surface area contributed by atoms with Crippen LogP contribution in [-0.4, -0.2) is 217 Å². The normalized spacial score (nSPS) is 34.3. The molecule has 4 aromatic heterocycles. The summed E-state index contributed by atoms with van der Waals surface area (Å²) in [5, 5.41) is 77.8. The Labute approximate surface area is 502 Å². The molecule has 44 nitrogen and oxygen atoms in total. The van der Waals surface area contributed by atoms with Crippen LogP contribution in [0.5, 0.6) is 0 Å². The summed E-state index contributed by atoms with van der Waals surface area (Å²) in [4.78, 5) is 165. The number of phosphoric acid groups is 4. The average Bonchev–Trinajstić information content (AvgIpc) is 1.58. The minimum Gasteiger partial charge on any atom is -0.385 e. The van der Waals surface area contributed by atoms with Crippen molar-refractivity contribution in [2.24, 2.45) is 0 Å². The molecule has 16 atom stereocenters. The number of aliphatic hydroxyl groups is 8. The number of aromatic nitrogens is 8. The molecule has 0 saturated carbocycles. The Balaban J connectivity index is 0.000000236. The van der Waals surface area contributed by atoms with Crippen molar-refractivity contribution in [3.05, 3.63) is 131 Å². The summed E-state index contributed by atoms with van der Waals surface area (Å²) in [5.41, 5.74) is -11.5. The minimum absolute atomic E-state index is 0.0231. The van der Waals surface area contributed by atoms with Gasteiger partial charge in [-0.15, -0.1) is 0 Å². The zero-order valence-corrected chi connectivity index (χ0v) is 47.0. The van der Waals surface area contributed by atoms with Crippen LogP contribution in [-0.2, 0) is 55.3 Å². The van der Waals surface area contributed by atoms with Gasteiger partial charge in [0.1, 0.15) is 75.2 Å². The molecule has 4 aliphatic rings. The number of H-pyrrole nitrogens is 4. The van der Waals surface area contributed by atoms with Crippen molar-refractivity contribution in [2.45, 2.75) is 97.1 Å². The predicted molar refractivity (Wildman–Crippen MR) is 261 cm³/mol. The molecule has 4 saturated heterocycles. The van der Waals surface area contributed by atoms with E-state index in [0.29, 0.717) is 6.20 Å². The molecule has 0 spiro atoms. The summed E-state index contributed by atoms with van der Waals surface area (Å²) in [6.45, 7) is -11.2. The molecule has 0 amide bonds. The van der Waals surface area contributed by atoms with Crippen LogP contribution in [0.1, 0.15) is 33.1 Å². The van der Waals surface area contributed by atoms with Gasteiger partial charge in [-0.2, -0.15) is 17.6 Å². The summed E-state index contributed by atoms with van der Waals surface area (Å²) in [7, 11) is -21.6. The third-order valence-corrected chi connectivity index (χ3v) is 12.8. The maximum absolute atomic E-state index is 14.9. The van der Waals surface area contributed by atoms with E-state index in [4.69, 9.17) is 47.4 Å². The lowest BCUT2D eigenvalue weighted by atomic mass is 10.1. The van der Waals surface area contributed by atoms with E-state index in [1.807, 2.05) is 0 Å². The Morgan fingerprint density at radius 3 is 0.957 bits per heavy atom. The van der Waals surface area contributed by atoms with E-state index in [1.165, 1.54) is 19.9 Å². The monoisotopic (exact) mass is 1450 g/mol. The summed E-state index contributed by atoms with van der Waals surface area (Å²) in [6.07, 6.45) is -30.8. The number of halogens is 8. The first-order valence-corrected chi connectivity index (χ1v) is 29.1. The van der Waals surface area contributed by atoms with E-state index in [-0.39, 0.29) is 36.9 Å². The molecular formula is C36H44F8N8O36P4. The molecule has 4 aromatic rings. The Morgan fingerprint density at radius 1 is 0.413 bits per heavy atom. The number of rotatable bonds is 16. The maximum atomic E-state index is 14.9. The molecule has 8 rings (SSSR count). The fourth-order valence-corrected chi connectivity index (χ4v) is 8.23. The van der Waals surface area contributed by atoms with Gasteiger partial charge in [0, 0.05) is 0 Å². The van der Waals surface area contributed by atoms with Gasteiger partial charge in [-0.1, -0.05) is 0 Å². The number of aliphatic hydroxyl groups excluding tert-OH is 8. The Kier molecular flexibility index (Phi) is 20.7. The zero-order valence-electron chi connectivity index (χ0n) is 49.4. The van der Waals surface area contributed by atoms with E-state index < -0.39 is 223 Å². The largest absolute Gasteiger partial charge is 0.469 e. The molecule has 0 aliphatic carbocycles. The lowest BCUT2D eigenvalue weighted by molar-refractivity contribution is -0.205. The van der Waals surface area contributed by atoms with Crippen LogP contribution in [0.3, 0.4) is 0 Å². The number of hydrogen-bond donors (Lipinski definition) is 20. The number of nitrogens with zero attached hydrogens (tertiary/aromatic N) is 4. The van der Waals surface area contributed by atoms with Crippen molar-refractivity contribution in [1.82, 2.24) is 38.2 Å². The van der Waals surface area contributed by atoms with Crippen LogP contribution in [0.4, 0.5) is 35.1 Å². The second-order valence-corrected chi connectivity index (χ2v) is 22.6. The van der Waals surface area contributed by atoms with Crippen molar-refractivity contribution in [3.8, 4) is 0 Å². The van der Waals surface area contributed by atoms with Crippen molar-refractivity contribution < 1.29 is 179 Å². The highest BCUT2D eigenvalue weighted by atomic mass is 31.2. The predicted octanol–water partition coefficient (Wildman–Crippen LogP) is -9.19. The second kappa shape index (κ2) is 28.2. The highest BCUT2D eigenvalue weighted by Gasteiger charge is 2.61. The molecule has 4 aliphatic heterocycles. The molecule has 8 heterocycles. The summed E-state index contributed by atoms with van der Waals surface area (Å²) in [5.74, 6) is -21.4. The van der Waals surface area contributed by atoms with E-state index >= 15 is 0 Å². The van der Waals surface area contributed by atoms with Crippen molar-refractivity contribution >= 4 is 31.3 Å². The smallest absolute Gasteiger partial charge is 0.385 e. The van der Waals surface area contributed by atoms with E-state index in [9.17, 15) is 133 Å². The van der Waals surface area contributed by atoms with Crippen LogP contribution in [0.15, 0.2) is 63.1 Å². The van der Waals surface area contributed by atoms with Crippen molar-refractivity contribution in [1.29, 1.82) is 0 Å². The fraction of sp³-hybridized carbons (Fsp3) is 0.556. The fourth-order valence-electron chi connectivity index (χ4n) is 7.05. The van der Waals surface area contributed by atoms with Crippen LogP contribution < -0.4 is 45.0 Å². The van der Waals surface area contributed by atoms with Gasteiger partial charge in [0.2, 0.25) is 23.3 Å². The van der Waals surface area contributed by atoms with E-state index in [0.717, 1.165) is 0 Å². The number of hydrogen-bond acceptors (Lipinski definition) is 28. The number of aromatic amines is 4. The number of nitrogens with one attached hydrogen (secondary N) is 4. The van der Waals surface area contributed by atoms with Gasteiger partial charge in [0.05, 0.1) is 33.0 Å². The SMILES string of the molecule is O=c1[nH]c(=O)n([C@@H]2O[C@](F)(COP(=O)(O)O)[C@@H](O)[C@H]2O)cc1F.[2H]C([2H])(OP(=O)(O)O)[C@@]1(F)O[C@@H](n2cc(F)c(=O)[nH]c2=O)[C@H](O)[C@@H]1O.[2H]C([2H])(OP(=O)(O)O)[C@@]1(F)O[C@@]([2H])(n2cc(F)c(=O)[nH]c2=O)[C@H](O)[C@@H]1O.[2H][C@@]1(n2cc(F)c(=O)[nH]c2=O)O[C@](F)(COP(=O)(O)O)[C@@H](O)[C@H]1O. The molecular weight excluding hydrogens is 1400 g/mol. The molecule has 4 fully saturated rings. The topological polar surface area (TPSA) is 685 Å². The maximum Gasteiger partial charge on any atom is 0.469 e. The van der Waals surface area contributed by atoms with Gasteiger partial charge in [-0.25, -0.2) is 55.0 Å². The summed E-state index contributed by atoms with van der Waals surface area (Å²) < 4.78 is 232. The molecule has 56 heteroatoms. The first-order valence-electron chi connectivity index (χ1n) is 25.9. The van der Waals surface area contributed by atoms with Crippen LogP contribution in [0, 0.1) is 23.3 Å². The third-order valence-electron chi connectivity index (χ3n) is 11.3. The highest BCUT2D eigenvalue weighted by Crippen LogP contribution is 2.47. The van der Waals surface area contributed by atoms with E-state index in [1.54, 1.807) is 0 Å². The van der Waals surface area contributed by atoms with Gasteiger partial charge < -0.3 is 98.9 Å². The Bertz CT molecular complexity index is 4390. The second-order valence-electron chi connectivity index (χ2n) is 17.8. The number of alkyl halides is 4. The molecule has 0 unspecified atom stereocenters. The molecule has 520 valence electrons. The average molecular weight is 1450 g/mol. The number of phosphoric ester groups is 4. The Hall–Kier alpha value is -5.88. The standard InChI is InChI=1S/4C9H11F2N2O9P/c4*10-3-1-13(8(17)12-6(3)16)7-4(14)5(15)9(11,22-7)2-21-23(18,19)20/h4*1,4-5,7,14-15H,2H2,(H,12,16,17)(H2,18,19,20)/t4*4-,5+,7-,9-/m1111/s1/i2D2,7D;7D;2D2;. The number of ether oxygens (including phenoxy) is 4. The van der Waals surface area contributed by atoms with Gasteiger partial charge in [-0.05, 0) is 0 Å². The zero-order chi connectivity index (χ0) is 75.7. The van der Waals surface area contributed by atoms with Gasteiger partial charge >= 0.3 is 54.0 Å². The quantitative estimate of drug-likeness (QED) is 0.0366.